The lowest BCUT2D eigenvalue weighted by atomic mass is 9.76. The van der Waals surface area contributed by atoms with Crippen molar-refractivity contribution in [3.8, 4) is 0 Å². The van der Waals surface area contributed by atoms with Crippen LogP contribution in [0, 0.1) is 5.82 Å². The zero-order valence-corrected chi connectivity index (χ0v) is 18.1. The van der Waals surface area contributed by atoms with Crippen LogP contribution in [0.25, 0.3) is 0 Å². The van der Waals surface area contributed by atoms with Crippen LogP contribution in [0.5, 0.6) is 0 Å². The Morgan fingerprint density at radius 2 is 1.55 bits per heavy atom. The summed E-state index contributed by atoms with van der Waals surface area (Å²) in [5, 5.41) is 0.667. The second kappa shape index (κ2) is 8.12. The molecule has 31 heavy (non-hydrogen) atoms. The van der Waals surface area contributed by atoms with Gasteiger partial charge in [0.15, 0.2) is 0 Å². The molecule has 0 aromatic heterocycles. The Balaban J connectivity index is 1.63. The van der Waals surface area contributed by atoms with Gasteiger partial charge in [-0.25, -0.2) is 4.39 Å². The van der Waals surface area contributed by atoms with Gasteiger partial charge in [-0.3, -0.25) is 4.79 Å². The van der Waals surface area contributed by atoms with Crippen LogP contribution < -0.4 is 0 Å². The number of amides is 1. The van der Waals surface area contributed by atoms with E-state index < -0.39 is 11.5 Å². The van der Waals surface area contributed by atoms with E-state index >= 15 is 0 Å². The summed E-state index contributed by atoms with van der Waals surface area (Å²) in [6.07, 6.45) is 4.45. The van der Waals surface area contributed by atoms with E-state index in [1.165, 1.54) is 11.6 Å². The maximum Gasteiger partial charge on any atom is 0.234 e. The zero-order valence-electron chi connectivity index (χ0n) is 17.4. The minimum Gasteiger partial charge on any atom is -0.330 e. The molecule has 1 atom stereocenters. The highest BCUT2D eigenvalue weighted by Crippen LogP contribution is 2.46. The smallest absolute Gasteiger partial charge is 0.234 e. The molecule has 0 spiro atoms. The molecule has 0 bridgehead atoms. The minimum absolute atomic E-state index is 0.107. The van der Waals surface area contributed by atoms with Gasteiger partial charge in [-0.15, -0.1) is 0 Å². The molecule has 0 saturated heterocycles. The molecule has 2 aliphatic rings. The van der Waals surface area contributed by atoms with Crippen molar-refractivity contribution in [2.45, 2.75) is 43.6 Å². The third-order valence-corrected chi connectivity index (χ3v) is 7.26. The van der Waals surface area contributed by atoms with Crippen molar-refractivity contribution < 1.29 is 9.18 Å². The Bertz CT molecular complexity index is 1100. The molecule has 4 heteroatoms. The molecule has 1 amide bonds. The highest BCUT2D eigenvalue weighted by atomic mass is 35.5. The number of carbonyl (C=O) groups is 1. The first-order valence-corrected chi connectivity index (χ1v) is 11.4. The van der Waals surface area contributed by atoms with Crippen molar-refractivity contribution in [2.75, 3.05) is 6.54 Å². The average Bonchev–Trinajstić information content (AvgIpc) is 3.30. The molecule has 5 rings (SSSR count). The quantitative estimate of drug-likeness (QED) is 0.463. The van der Waals surface area contributed by atoms with E-state index in [0.29, 0.717) is 17.1 Å². The normalized spacial score (nSPS) is 19.8. The first-order valence-electron chi connectivity index (χ1n) is 11.0. The number of hydrogen-bond donors (Lipinski definition) is 0. The van der Waals surface area contributed by atoms with E-state index in [2.05, 4.69) is 6.07 Å². The SMILES string of the molecule is O=C(N1CCc2ccccc2[C@H]1c1ccccc1F)C1(c2ccc(Cl)cc2)CCCC1. The van der Waals surface area contributed by atoms with Crippen LogP contribution >= 0.6 is 11.6 Å². The molecule has 3 aromatic carbocycles. The molecule has 0 radical (unpaired) electrons. The van der Waals surface area contributed by atoms with Gasteiger partial charge < -0.3 is 4.90 Å². The summed E-state index contributed by atoms with van der Waals surface area (Å²) in [5.74, 6) is -0.163. The molecular formula is C27H25ClFNO. The van der Waals surface area contributed by atoms with Gasteiger partial charge in [0.1, 0.15) is 5.82 Å². The van der Waals surface area contributed by atoms with Gasteiger partial charge >= 0.3 is 0 Å². The van der Waals surface area contributed by atoms with Gasteiger partial charge in [0.05, 0.1) is 11.5 Å². The summed E-state index contributed by atoms with van der Waals surface area (Å²) in [5.41, 5.74) is 3.22. The minimum atomic E-state index is -0.569. The van der Waals surface area contributed by atoms with E-state index in [4.69, 9.17) is 11.6 Å². The second-order valence-corrected chi connectivity index (χ2v) is 9.10. The van der Waals surface area contributed by atoms with Crippen LogP contribution in [-0.4, -0.2) is 17.4 Å². The third kappa shape index (κ3) is 3.45. The zero-order chi connectivity index (χ0) is 21.4. The first kappa shape index (κ1) is 20.3. The number of fused-ring (bicyclic) bond motifs is 1. The Labute approximate surface area is 187 Å². The van der Waals surface area contributed by atoms with Crippen molar-refractivity contribution in [3.05, 3.63) is 106 Å². The van der Waals surface area contributed by atoms with Crippen LogP contribution in [0.1, 0.15) is 54.0 Å². The molecule has 2 nitrogen and oxygen atoms in total. The summed E-state index contributed by atoms with van der Waals surface area (Å²) in [7, 11) is 0. The molecule has 0 unspecified atom stereocenters. The molecule has 1 saturated carbocycles. The first-order chi connectivity index (χ1) is 15.1. The fraction of sp³-hybridized carbons (Fsp3) is 0.296. The van der Waals surface area contributed by atoms with E-state index in [1.54, 1.807) is 6.07 Å². The predicted molar refractivity (Wildman–Crippen MR) is 122 cm³/mol. The fourth-order valence-corrected chi connectivity index (χ4v) is 5.59. The number of halogens is 2. The van der Waals surface area contributed by atoms with Crippen LogP contribution in [0.2, 0.25) is 5.02 Å². The number of benzene rings is 3. The standard InChI is InChI=1S/C27H25ClFNO/c28-21-13-11-20(12-14-21)27(16-5-6-17-27)26(31)30-18-15-19-7-1-2-8-22(19)25(30)23-9-3-4-10-24(23)29/h1-4,7-14,25H,5-6,15-18H2/t25-/m0/s1. The van der Waals surface area contributed by atoms with Crippen LogP contribution in [0.4, 0.5) is 4.39 Å². The molecule has 1 aliphatic carbocycles. The Hall–Kier alpha value is -2.65. The predicted octanol–water partition coefficient (Wildman–Crippen LogP) is 6.47. The van der Waals surface area contributed by atoms with Crippen LogP contribution in [0.3, 0.4) is 0 Å². The number of nitrogens with zero attached hydrogens (tertiary/aromatic N) is 1. The van der Waals surface area contributed by atoms with Crippen LogP contribution in [0.15, 0.2) is 72.8 Å². The summed E-state index contributed by atoms with van der Waals surface area (Å²) in [6, 6.07) is 22.3. The van der Waals surface area contributed by atoms with Crippen molar-refractivity contribution >= 4 is 17.5 Å². The third-order valence-electron chi connectivity index (χ3n) is 7.01. The highest BCUT2D eigenvalue weighted by molar-refractivity contribution is 6.30. The van der Waals surface area contributed by atoms with Crippen molar-refractivity contribution in [2.24, 2.45) is 0 Å². The lowest BCUT2D eigenvalue weighted by Gasteiger charge is -2.43. The van der Waals surface area contributed by atoms with E-state index in [-0.39, 0.29) is 11.7 Å². The van der Waals surface area contributed by atoms with Gasteiger partial charge in [-0.1, -0.05) is 79.0 Å². The Morgan fingerprint density at radius 3 is 2.26 bits per heavy atom. The van der Waals surface area contributed by atoms with Crippen LogP contribution in [-0.2, 0) is 16.6 Å². The molecule has 1 fully saturated rings. The fourth-order valence-electron chi connectivity index (χ4n) is 5.47. The maximum absolute atomic E-state index is 15.0. The number of rotatable bonds is 3. The molecule has 1 aliphatic heterocycles. The molecule has 158 valence electrons. The Kier molecular flexibility index (Phi) is 5.31. The van der Waals surface area contributed by atoms with Gasteiger partial charge in [0.25, 0.3) is 0 Å². The van der Waals surface area contributed by atoms with Crippen molar-refractivity contribution in [1.29, 1.82) is 0 Å². The highest BCUT2D eigenvalue weighted by Gasteiger charge is 2.47. The molecular weight excluding hydrogens is 409 g/mol. The molecule has 0 N–H and O–H groups in total. The lowest BCUT2D eigenvalue weighted by Crippen LogP contribution is -2.50. The summed E-state index contributed by atoms with van der Waals surface area (Å²) >= 11 is 6.13. The van der Waals surface area contributed by atoms with Crippen molar-refractivity contribution in [1.82, 2.24) is 4.90 Å². The maximum atomic E-state index is 15.0. The van der Waals surface area contributed by atoms with Gasteiger partial charge in [0, 0.05) is 17.1 Å². The number of carbonyl (C=O) groups excluding carboxylic acids is 1. The van der Waals surface area contributed by atoms with E-state index in [9.17, 15) is 9.18 Å². The molecule has 1 heterocycles. The van der Waals surface area contributed by atoms with E-state index in [0.717, 1.165) is 43.2 Å². The lowest BCUT2D eigenvalue weighted by molar-refractivity contribution is -0.139. The topological polar surface area (TPSA) is 20.3 Å². The average molecular weight is 434 g/mol. The monoisotopic (exact) mass is 433 g/mol. The van der Waals surface area contributed by atoms with Gasteiger partial charge in [-0.2, -0.15) is 0 Å². The second-order valence-electron chi connectivity index (χ2n) is 8.67. The van der Waals surface area contributed by atoms with Gasteiger partial charge in [0.2, 0.25) is 5.91 Å². The molecule has 3 aromatic rings. The largest absolute Gasteiger partial charge is 0.330 e. The van der Waals surface area contributed by atoms with Crippen molar-refractivity contribution in [3.63, 3.8) is 0 Å². The summed E-state index contributed by atoms with van der Waals surface area (Å²) < 4.78 is 15.0. The Morgan fingerprint density at radius 1 is 0.903 bits per heavy atom. The number of hydrogen-bond acceptors (Lipinski definition) is 1. The summed E-state index contributed by atoms with van der Waals surface area (Å²) in [6.45, 7) is 0.587. The summed E-state index contributed by atoms with van der Waals surface area (Å²) in [4.78, 5) is 16.2. The van der Waals surface area contributed by atoms with Gasteiger partial charge in [-0.05, 0) is 54.2 Å². The van der Waals surface area contributed by atoms with E-state index in [1.807, 2.05) is 59.5 Å².